The highest BCUT2D eigenvalue weighted by molar-refractivity contribution is 7.97. The number of nitrogens with zero attached hydrogens (tertiary/aromatic N) is 10. The molecule has 93 heavy (non-hydrogen) atoms. The quantitative estimate of drug-likeness (QED) is 0.0632. The first-order valence-electron chi connectivity index (χ1n) is 27.9. The van der Waals surface area contributed by atoms with Crippen LogP contribution in [0.5, 0.6) is 0 Å². The molecule has 0 radical (unpaired) electrons. The summed E-state index contributed by atoms with van der Waals surface area (Å²) in [7, 11) is 1.70. The lowest BCUT2D eigenvalue weighted by atomic mass is 10.0. The minimum Gasteiger partial charge on any atom is -0.340 e. The summed E-state index contributed by atoms with van der Waals surface area (Å²) >= 11 is 21.9. The van der Waals surface area contributed by atoms with Gasteiger partial charge in [0, 0.05) is 105 Å². The SMILES string of the molecule is C=S1(=O)N[C@@H](c2cc(-c3cn(C)cn3)cs2)C[C@@H](C(=O)Nc2ccc(F)c(Cl)c2)N1C.C=S1(=O)N[C@@H](c2ccc(-c3ccnn3C)s2)C[C@@H](C(=O)Nc2ccc(F)c(Cl)c2)N1C.C=S1(=O)N[C@@H](c2ncc(-c3cn(C)cn3)s2)C[C@@H](C(=O)Nc2ccc(F)c(Cl)c2)N1C. The molecule has 3 aliphatic heterocycles. The van der Waals surface area contributed by atoms with Crippen molar-refractivity contribution in [1.29, 1.82) is 0 Å². The van der Waals surface area contributed by atoms with Gasteiger partial charge in [0.1, 0.15) is 40.6 Å². The van der Waals surface area contributed by atoms with E-state index in [1.54, 1.807) is 62.2 Å². The molecule has 3 aliphatic rings. The van der Waals surface area contributed by atoms with E-state index in [1.807, 2.05) is 72.3 Å². The number of aromatic nitrogens is 7. The fourth-order valence-corrected chi connectivity index (χ4v) is 18.2. The number of benzene rings is 3. The predicted molar refractivity (Wildman–Crippen MR) is 369 cm³/mol. The second kappa shape index (κ2) is 28.3. The summed E-state index contributed by atoms with van der Waals surface area (Å²) in [5.41, 5.74) is 4.64. The molecule has 6 N–H and O–H groups in total. The average molecular weight is 1450 g/mol. The van der Waals surface area contributed by atoms with E-state index in [1.165, 1.54) is 90.2 Å². The number of thiazole rings is 1. The third-order valence-corrected chi connectivity index (χ3v) is 25.1. The average Bonchev–Trinajstić information content (AvgIpc) is 1.14. The third kappa shape index (κ3) is 16.0. The Kier molecular flexibility index (Phi) is 21.0. The molecule has 3 fully saturated rings. The van der Waals surface area contributed by atoms with Crippen LogP contribution in [0.4, 0.5) is 30.2 Å². The van der Waals surface area contributed by atoms with E-state index in [0.29, 0.717) is 41.3 Å². The van der Waals surface area contributed by atoms with Gasteiger partial charge in [0.05, 0.1) is 102 Å². The lowest BCUT2D eigenvalue weighted by Gasteiger charge is -2.39. The number of carbonyl (C=O) groups excluding carboxylic acids is 3. The van der Waals surface area contributed by atoms with Gasteiger partial charge < -0.3 is 25.1 Å². The van der Waals surface area contributed by atoms with E-state index >= 15 is 0 Å². The number of nitrogens with one attached hydrogen (secondary N) is 6. The van der Waals surface area contributed by atoms with E-state index in [0.717, 1.165) is 42.2 Å². The Morgan fingerprint density at radius 1 is 0.559 bits per heavy atom. The first-order valence-corrected chi connectivity index (χ1v) is 36.6. The van der Waals surface area contributed by atoms with Crippen LogP contribution in [0.15, 0.2) is 122 Å². The summed E-state index contributed by atoms with van der Waals surface area (Å²) in [4.78, 5) is 55.9. The summed E-state index contributed by atoms with van der Waals surface area (Å²) < 4.78 is 98.5. The van der Waals surface area contributed by atoms with Gasteiger partial charge in [0.2, 0.25) is 17.7 Å². The zero-order valence-electron chi connectivity index (χ0n) is 50.4. The Labute approximate surface area is 562 Å². The van der Waals surface area contributed by atoms with Gasteiger partial charge in [-0.1, -0.05) is 34.8 Å². The van der Waals surface area contributed by atoms with Crippen molar-refractivity contribution in [1.82, 2.24) is 60.9 Å². The number of anilines is 3. The molecule has 0 spiro atoms. The molecule has 0 bridgehead atoms. The highest BCUT2D eigenvalue weighted by Gasteiger charge is 2.41. The summed E-state index contributed by atoms with van der Waals surface area (Å²) in [5, 5.41) is 14.8. The molecule has 0 saturated carbocycles. The van der Waals surface area contributed by atoms with Crippen molar-refractivity contribution in [2.24, 2.45) is 21.1 Å². The van der Waals surface area contributed by atoms with Crippen LogP contribution in [0.1, 0.15) is 52.1 Å². The van der Waals surface area contributed by atoms with Crippen LogP contribution >= 0.6 is 68.8 Å². The van der Waals surface area contributed by atoms with Crippen LogP contribution < -0.4 is 30.1 Å². The summed E-state index contributed by atoms with van der Waals surface area (Å²) in [5.74, 6) is 8.54. The van der Waals surface area contributed by atoms with Crippen molar-refractivity contribution in [2.45, 2.75) is 55.5 Å². The van der Waals surface area contributed by atoms with Crippen LogP contribution in [0.2, 0.25) is 15.1 Å². The summed E-state index contributed by atoms with van der Waals surface area (Å²) in [6.45, 7) is 0. The van der Waals surface area contributed by atoms with Crippen molar-refractivity contribution in [2.75, 3.05) is 37.1 Å². The molecule has 3 amide bonds. The van der Waals surface area contributed by atoms with Crippen molar-refractivity contribution in [3.8, 4) is 32.4 Å². The summed E-state index contributed by atoms with van der Waals surface area (Å²) in [6, 6.07) is 16.4. The molecule has 9 aromatic rings. The highest BCUT2D eigenvalue weighted by Crippen LogP contribution is 2.39. The van der Waals surface area contributed by atoms with Gasteiger partial charge in [-0.05, 0) is 116 Å². The molecule has 0 aliphatic carbocycles. The lowest BCUT2D eigenvalue weighted by molar-refractivity contribution is -0.120. The number of hydrogen-bond donors (Lipinski definition) is 6. The number of hydrogen-bond acceptors (Lipinski definition) is 13. The Morgan fingerprint density at radius 3 is 1.43 bits per heavy atom. The Bertz CT molecular complexity index is 4440. The maximum Gasteiger partial charge on any atom is 0.242 e. The maximum absolute atomic E-state index is 13.4. The highest BCUT2D eigenvalue weighted by atomic mass is 35.5. The normalized spacial score (nSPS) is 24.3. The molecule has 34 heteroatoms. The maximum atomic E-state index is 13.4. The van der Waals surface area contributed by atoms with Gasteiger partial charge in [0.25, 0.3) is 0 Å². The molecule has 3 unspecified atom stereocenters. The number of carbonyl (C=O) groups is 3. The van der Waals surface area contributed by atoms with Gasteiger partial charge in [-0.15, -0.1) is 34.0 Å². The number of imidazole rings is 2. The topological polar surface area (TPSA) is 251 Å². The first-order chi connectivity index (χ1) is 43.9. The number of rotatable bonds is 12. The van der Waals surface area contributed by atoms with E-state index in [4.69, 9.17) is 34.8 Å². The van der Waals surface area contributed by atoms with Crippen LogP contribution in [0.25, 0.3) is 32.4 Å². The molecular weight excluding hydrogens is 1380 g/mol. The molecule has 6 aromatic heterocycles. The fraction of sp³-hybridized carbons (Fsp3) is 0.254. The van der Waals surface area contributed by atoms with Gasteiger partial charge >= 0.3 is 0 Å². The minimum atomic E-state index is -2.93. The van der Waals surface area contributed by atoms with Gasteiger partial charge in [-0.2, -0.15) is 5.10 Å². The standard InChI is InChI=1S/2C20H21ClFN5O2S2.C19H20ClFN6O2S2/c1-26-9-17(23-11-26)12-6-19(30-10-12)16-8-18(27(2)31(3,29)25-16)20(28)24-13-4-5-15(22)14(21)7-13;1-26-16(8-9-23-26)19-7-6-18(30-19)15-11-17(27(2)31(3,29)25-15)20(28)24-12-4-5-14(22)13(21)10-12;1-26-9-15(23-10-26)17-8-22-19(30-17)14-7-16(27(2)31(3,29)25-14)18(28)24-11-4-5-13(21)12(20)6-11/h4-7,9-11,16,18H,3,8H2,1-2H3,(H,24,28)(H,25,29);4-10,15,17H,3,11H2,1-2H3,(H,24,28)(H,25,29);4-6,8-10,14,16H,3,7H2,1-2H3,(H,24,28)(H,25,29)/t16-,18+,31?;15-,17+,31?;14-,16+,31?/m111/s1. The summed E-state index contributed by atoms with van der Waals surface area (Å²) in [6.07, 6.45) is 11.8. The van der Waals surface area contributed by atoms with Crippen molar-refractivity contribution in [3.63, 3.8) is 0 Å². The van der Waals surface area contributed by atoms with Crippen molar-refractivity contribution in [3.05, 3.63) is 169 Å². The smallest absolute Gasteiger partial charge is 0.242 e. The van der Waals surface area contributed by atoms with Crippen molar-refractivity contribution >= 4 is 151 Å². The molecule has 12 rings (SSSR count). The predicted octanol–water partition coefficient (Wildman–Crippen LogP) is 9.78. The molecule has 22 nitrogen and oxygen atoms in total. The van der Waals surface area contributed by atoms with E-state index in [9.17, 15) is 40.2 Å². The molecule has 3 saturated heterocycles. The minimum absolute atomic E-state index is 0.0865. The third-order valence-electron chi connectivity index (χ3n) is 15.3. The molecule has 3 aromatic carbocycles. The number of halogens is 6. The van der Waals surface area contributed by atoms with E-state index in [2.05, 4.69) is 67.8 Å². The van der Waals surface area contributed by atoms with Gasteiger partial charge in [-0.3, -0.25) is 19.1 Å². The fourth-order valence-electron chi connectivity index (χ4n) is 10.1. The Morgan fingerprint density at radius 2 is 1.00 bits per heavy atom. The number of aryl methyl sites for hydroxylation is 3. The van der Waals surface area contributed by atoms with Crippen LogP contribution in [0.3, 0.4) is 0 Å². The first kappa shape index (κ1) is 69.1. The second-order valence-corrected chi connectivity index (χ2v) is 32.5. The molecule has 492 valence electrons. The number of thiophene rings is 2. The molecule has 9 heterocycles. The largest absolute Gasteiger partial charge is 0.340 e. The van der Waals surface area contributed by atoms with Crippen LogP contribution in [-0.4, -0.2) is 134 Å². The van der Waals surface area contributed by atoms with Gasteiger partial charge in [-0.25, -0.2) is 67.8 Å². The van der Waals surface area contributed by atoms with Crippen LogP contribution in [-0.2, 0) is 65.2 Å². The van der Waals surface area contributed by atoms with Gasteiger partial charge in [0.15, 0.2) is 0 Å². The Hall–Kier alpha value is -6.79. The molecule has 9 atom stereocenters. The second-order valence-electron chi connectivity index (χ2n) is 21.9. The number of amides is 3. The monoisotopic (exact) mass is 1440 g/mol. The Balaban J connectivity index is 0.000000153. The zero-order valence-corrected chi connectivity index (χ0v) is 57.6. The molecular formula is C59H62Cl3F3N16O6S6. The number of likely N-dealkylation sites (N-methyl/N-ethyl adjacent to an activating group) is 3. The van der Waals surface area contributed by atoms with Crippen LogP contribution in [0, 0.1) is 17.5 Å². The van der Waals surface area contributed by atoms with E-state index in [-0.39, 0.29) is 39.0 Å². The lowest BCUT2D eigenvalue weighted by Crippen LogP contribution is -2.55. The van der Waals surface area contributed by atoms with E-state index < -0.39 is 77.2 Å². The zero-order chi connectivity index (χ0) is 67.0. The van der Waals surface area contributed by atoms with Crippen molar-refractivity contribution < 1.29 is 40.2 Å².